The normalized spacial score (nSPS) is 13.0. The van der Waals surface area contributed by atoms with Crippen LogP contribution in [0.2, 0.25) is 0 Å². The highest BCUT2D eigenvalue weighted by molar-refractivity contribution is 7.04. The van der Waals surface area contributed by atoms with E-state index in [4.69, 9.17) is 11.1 Å². The van der Waals surface area contributed by atoms with E-state index < -0.39 is 8.27 Å². The van der Waals surface area contributed by atoms with Crippen LogP contribution in [0.1, 0.15) is 0 Å². The first-order valence-corrected chi connectivity index (χ1v) is 5.96. The van der Waals surface area contributed by atoms with Crippen molar-refractivity contribution in [1.29, 1.82) is 0 Å². The van der Waals surface area contributed by atoms with Crippen molar-refractivity contribution in [3.05, 3.63) is 31.0 Å². The first kappa shape index (κ1) is 7.56. The third-order valence-corrected chi connectivity index (χ3v) is 3.74. The summed E-state index contributed by atoms with van der Waals surface area (Å²) in [4.78, 5) is 0. The van der Waals surface area contributed by atoms with Crippen molar-refractivity contribution in [3.63, 3.8) is 0 Å². The number of imidazole rings is 1. The van der Waals surface area contributed by atoms with Gasteiger partial charge in [0.2, 0.25) is 6.33 Å². The molecular formula is C6H10ClN2Si+. The number of hydrogen-bond donors (Lipinski definition) is 0. The predicted octanol–water partition coefficient (Wildman–Crippen LogP) is 0.345. The topological polar surface area (TPSA) is 8.81 Å². The van der Waals surface area contributed by atoms with Gasteiger partial charge in [0.25, 0.3) is 0 Å². The minimum absolute atomic E-state index is 1.39. The minimum atomic E-state index is -1.39. The molecule has 1 aromatic rings. The highest BCUT2D eigenvalue weighted by Crippen LogP contribution is 1.86. The molecule has 4 heteroatoms. The molecule has 10 heavy (non-hydrogen) atoms. The molecule has 1 aromatic heterocycles. The van der Waals surface area contributed by atoms with Gasteiger partial charge in [-0.05, 0) is 5.70 Å². The molecule has 54 valence electrons. The van der Waals surface area contributed by atoms with Crippen LogP contribution in [0.25, 0.3) is 0 Å². The minimum Gasteiger partial charge on any atom is -0.272 e. The summed E-state index contributed by atoms with van der Waals surface area (Å²) in [6.45, 7) is 3.65. The monoisotopic (exact) mass is 173 g/mol. The van der Waals surface area contributed by atoms with Crippen LogP contribution in [0.3, 0.4) is 0 Å². The predicted molar refractivity (Wildman–Crippen MR) is 44.2 cm³/mol. The summed E-state index contributed by atoms with van der Waals surface area (Å²) in [5.41, 5.74) is 1.82. The SMILES string of the molecule is C=C[SiH](Cl)[n+]1ccn(C)c1. The summed E-state index contributed by atoms with van der Waals surface area (Å²) in [7, 11) is 0.583. The van der Waals surface area contributed by atoms with Crippen molar-refractivity contribution in [2.45, 2.75) is 0 Å². The first-order valence-electron chi connectivity index (χ1n) is 3.03. The Morgan fingerprint density at radius 2 is 2.50 bits per heavy atom. The lowest BCUT2D eigenvalue weighted by Gasteiger charge is -1.92. The van der Waals surface area contributed by atoms with Crippen LogP contribution in [0, 0.1) is 0 Å². The molecule has 0 aliphatic heterocycles. The van der Waals surface area contributed by atoms with Gasteiger partial charge in [-0.3, -0.25) is 4.23 Å². The van der Waals surface area contributed by atoms with E-state index in [0.717, 1.165) is 0 Å². The molecule has 1 rings (SSSR count). The lowest BCUT2D eigenvalue weighted by molar-refractivity contribution is -0.530. The third-order valence-electron chi connectivity index (χ3n) is 1.27. The van der Waals surface area contributed by atoms with Crippen molar-refractivity contribution in [1.82, 2.24) is 4.57 Å². The maximum atomic E-state index is 5.97. The highest BCUT2D eigenvalue weighted by atomic mass is 35.6. The Labute approximate surface area is 66.8 Å². The van der Waals surface area contributed by atoms with Crippen molar-refractivity contribution < 1.29 is 4.23 Å². The lowest BCUT2D eigenvalue weighted by atomic mass is 10.9. The zero-order valence-corrected chi connectivity index (χ0v) is 7.78. The number of rotatable bonds is 2. The second kappa shape index (κ2) is 3.03. The van der Waals surface area contributed by atoms with Crippen molar-refractivity contribution >= 4 is 19.3 Å². The van der Waals surface area contributed by atoms with Crippen molar-refractivity contribution in [2.75, 3.05) is 0 Å². The van der Waals surface area contributed by atoms with Crippen LogP contribution in [0.5, 0.6) is 0 Å². The zero-order valence-electron chi connectivity index (χ0n) is 5.87. The molecule has 0 spiro atoms. The Morgan fingerprint density at radius 1 is 1.80 bits per heavy atom. The number of aryl methyl sites for hydroxylation is 1. The number of nitrogens with zero attached hydrogens (tertiary/aromatic N) is 2. The first-order chi connectivity index (χ1) is 4.74. The fraction of sp³-hybridized carbons (Fsp3) is 0.167. The Balaban J connectivity index is 2.84. The molecule has 0 radical (unpaired) electrons. The smallest absolute Gasteiger partial charge is 0.272 e. The third kappa shape index (κ3) is 1.49. The molecule has 0 amide bonds. The van der Waals surface area contributed by atoms with Crippen molar-refractivity contribution in [2.24, 2.45) is 7.05 Å². The van der Waals surface area contributed by atoms with E-state index in [1.54, 1.807) is 0 Å². The number of aromatic nitrogens is 2. The summed E-state index contributed by atoms with van der Waals surface area (Å²) in [6, 6.07) is 0. The summed E-state index contributed by atoms with van der Waals surface area (Å²) in [5, 5.41) is 0. The molecule has 0 bridgehead atoms. The van der Waals surface area contributed by atoms with Gasteiger partial charge < -0.3 is 0 Å². The molecule has 1 unspecified atom stereocenters. The van der Waals surface area contributed by atoms with E-state index in [0.29, 0.717) is 0 Å². The summed E-state index contributed by atoms with van der Waals surface area (Å²) >= 11 is 5.97. The molecule has 1 heterocycles. The summed E-state index contributed by atoms with van der Waals surface area (Å²) in [6.07, 6.45) is 5.89. The van der Waals surface area contributed by atoms with Crippen LogP contribution < -0.4 is 4.23 Å². The standard InChI is InChI=1S/C6H10ClN2Si/c1-3-10(7)9-5-4-8(2)6-9/h3-6,10H,1H2,2H3/q+1. The molecular weight excluding hydrogens is 164 g/mol. The highest BCUT2D eigenvalue weighted by Gasteiger charge is 2.10. The Hall–Kier alpha value is -0.543. The fourth-order valence-corrected chi connectivity index (χ4v) is 1.91. The van der Waals surface area contributed by atoms with E-state index in [1.165, 1.54) is 0 Å². The molecule has 2 nitrogen and oxygen atoms in total. The van der Waals surface area contributed by atoms with Crippen molar-refractivity contribution in [3.8, 4) is 0 Å². The zero-order chi connectivity index (χ0) is 7.56. The average Bonchev–Trinajstić information content (AvgIpc) is 2.34. The van der Waals surface area contributed by atoms with E-state index in [9.17, 15) is 0 Å². The van der Waals surface area contributed by atoms with Gasteiger partial charge in [0.05, 0.1) is 7.05 Å². The molecule has 0 aromatic carbocycles. The number of hydrogen-bond acceptors (Lipinski definition) is 0. The van der Waals surface area contributed by atoms with Crippen LogP contribution in [-0.4, -0.2) is 12.8 Å². The van der Waals surface area contributed by atoms with E-state index in [2.05, 4.69) is 6.58 Å². The maximum Gasteiger partial charge on any atom is 0.372 e. The van der Waals surface area contributed by atoms with Gasteiger partial charge >= 0.3 is 8.27 Å². The number of halogens is 1. The molecule has 0 N–H and O–H groups in total. The van der Waals surface area contributed by atoms with Crippen LogP contribution in [-0.2, 0) is 7.05 Å². The van der Waals surface area contributed by atoms with Gasteiger partial charge in [-0.1, -0.05) is 0 Å². The second-order valence-corrected chi connectivity index (χ2v) is 5.29. The van der Waals surface area contributed by atoms with Gasteiger partial charge in [0, 0.05) is 0 Å². The quantitative estimate of drug-likeness (QED) is 0.451. The van der Waals surface area contributed by atoms with Gasteiger partial charge in [-0.2, -0.15) is 0 Å². The summed E-state index contributed by atoms with van der Waals surface area (Å²) < 4.78 is 3.97. The van der Waals surface area contributed by atoms with Gasteiger partial charge in [0.1, 0.15) is 12.4 Å². The van der Waals surface area contributed by atoms with Crippen LogP contribution in [0.4, 0.5) is 0 Å². The van der Waals surface area contributed by atoms with Crippen LogP contribution in [0.15, 0.2) is 31.0 Å². The molecule has 0 fully saturated rings. The van der Waals surface area contributed by atoms with Crippen LogP contribution >= 0.6 is 11.1 Å². The van der Waals surface area contributed by atoms with Gasteiger partial charge in [-0.25, -0.2) is 4.57 Å². The molecule has 0 saturated heterocycles. The molecule has 0 saturated carbocycles. The van der Waals surface area contributed by atoms with E-state index in [1.807, 2.05) is 40.3 Å². The van der Waals surface area contributed by atoms with E-state index >= 15 is 0 Å². The Kier molecular flexibility index (Phi) is 2.29. The van der Waals surface area contributed by atoms with Gasteiger partial charge in [-0.15, -0.1) is 17.7 Å². The fourth-order valence-electron chi connectivity index (χ4n) is 0.737. The van der Waals surface area contributed by atoms with Gasteiger partial charge in [0.15, 0.2) is 0 Å². The Morgan fingerprint density at radius 3 is 2.90 bits per heavy atom. The average molecular weight is 174 g/mol. The second-order valence-electron chi connectivity index (χ2n) is 2.13. The summed E-state index contributed by atoms with van der Waals surface area (Å²) in [5.74, 6) is 0. The largest absolute Gasteiger partial charge is 0.372 e. The molecule has 1 atom stereocenters. The molecule has 0 aliphatic carbocycles. The molecule has 0 aliphatic rings. The lowest BCUT2D eigenvalue weighted by Crippen LogP contribution is -2.44. The maximum absolute atomic E-state index is 5.97. The van der Waals surface area contributed by atoms with E-state index in [-0.39, 0.29) is 0 Å². The Bertz CT molecular complexity index is 233.